The Hall–Kier alpha value is -2.30. The standard InChI is InChI=1S/C14H17N3O2/c1-10-4-5-12(13(18)8-10)14(19)16-11(2)9-17-7-3-6-15-17/h3-8,11,18H,9H2,1-2H3,(H,16,19). The van der Waals surface area contributed by atoms with Gasteiger partial charge in [0.25, 0.3) is 5.91 Å². The molecule has 19 heavy (non-hydrogen) atoms. The van der Waals surface area contributed by atoms with Gasteiger partial charge in [0.1, 0.15) is 5.75 Å². The highest BCUT2D eigenvalue weighted by molar-refractivity contribution is 5.97. The quantitative estimate of drug-likeness (QED) is 0.878. The molecule has 0 radical (unpaired) electrons. The van der Waals surface area contributed by atoms with Gasteiger partial charge in [-0.3, -0.25) is 9.48 Å². The van der Waals surface area contributed by atoms with Crippen LogP contribution >= 0.6 is 0 Å². The second-order valence-corrected chi connectivity index (χ2v) is 4.62. The van der Waals surface area contributed by atoms with Crippen LogP contribution in [0.25, 0.3) is 0 Å². The van der Waals surface area contributed by atoms with Gasteiger partial charge >= 0.3 is 0 Å². The van der Waals surface area contributed by atoms with E-state index in [1.54, 1.807) is 29.1 Å². The molecule has 2 aromatic rings. The van der Waals surface area contributed by atoms with E-state index < -0.39 is 0 Å². The minimum absolute atomic E-state index is 0.00351. The van der Waals surface area contributed by atoms with E-state index in [1.165, 1.54) is 0 Å². The SMILES string of the molecule is Cc1ccc(C(=O)NC(C)Cn2cccn2)c(O)c1. The first-order valence-corrected chi connectivity index (χ1v) is 6.14. The second kappa shape index (κ2) is 5.56. The van der Waals surface area contributed by atoms with Crippen molar-refractivity contribution < 1.29 is 9.90 Å². The van der Waals surface area contributed by atoms with Crippen LogP contribution in [0.4, 0.5) is 0 Å². The van der Waals surface area contributed by atoms with E-state index >= 15 is 0 Å². The van der Waals surface area contributed by atoms with Gasteiger partial charge in [-0.15, -0.1) is 0 Å². The van der Waals surface area contributed by atoms with Crippen LogP contribution < -0.4 is 5.32 Å². The van der Waals surface area contributed by atoms with Gasteiger partial charge in [0.2, 0.25) is 0 Å². The molecule has 5 heteroatoms. The Balaban J connectivity index is 2.00. The van der Waals surface area contributed by atoms with Crippen molar-refractivity contribution in [3.8, 4) is 5.75 Å². The lowest BCUT2D eigenvalue weighted by atomic mass is 10.1. The van der Waals surface area contributed by atoms with Crippen LogP contribution in [0, 0.1) is 6.92 Å². The molecule has 0 saturated carbocycles. The molecule has 1 atom stereocenters. The zero-order valence-electron chi connectivity index (χ0n) is 11.0. The van der Waals surface area contributed by atoms with Crippen molar-refractivity contribution >= 4 is 5.91 Å². The van der Waals surface area contributed by atoms with Crippen molar-refractivity contribution in [2.24, 2.45) is 0 Å². The lowest BCUT2D eigenvalue weighted by Crippen LogP contribution is -2.35. The summed E-state index contributed by atoms with van der Waals surface area (Å²) in [5.74, 6) is -0.277. The highest BCUT2D eigenvalue weighted by Gasteiger charge is 2.13. The number of benzene rings is 1. The van der Waals surface area contributed by atoms with Crippen LogP contribution in [0.3, 0.4) is 0 Å². The average Bonchev–Trinajstić information content (AvgIpc) is 2.81. The zero-order chi connectivity index (χ0) is 13.8. The molecule has 5 nitrogen and oxygen atoms in total. The second-order valence-electron chi connectivity index (χ2n) is 4.62. The molecule has 0 fully saturated rings. The zero-order valence-corrected chi connectivity index (χ0v) is 11.0. The number of aromatic hydroxyl groups is 1. The fraction of sp³-hybridized carbons (Fsp3) is 0.286. The Kier molecular flexibility index (Phi) is 3.85. The number of carbonyl (C=O) groups is 1. The van der Waals surface area contributed by atoms with Crippen LogP contribution in [0.15, 0.2) is 36.7 Å². The molecule has 1 heterocycles. The molecule has 0 aliphatic rings. The van der Waals surface area contributed by atoms with Gasteiger partial charge in [0, 0.05) is 18.4 Å². The maximum Gasteiger partial charge on any atom is 0.255 e. The largest absolute Gasteiger partial charge is 0.507 e. The number of aromatic nitrogens is 2. The van der Waals surface area contributed by atoms with E-state index in [-0.39, 0.29) is 23.3 Å². The summed E-state index contributed by atoms with van der Waals surface area (Å²) in [6.45, 7) is 4.35. The van der Waals surface area contributed by atoms with Crippen molar-refractivity contribution in [1.29, 1.82) is 0 Å². The molecule has 1 amide bonds. The van der Waals surface area contributed by atoms with Gasteiger partial charge in [0.05, 0.1) is 12.1 Å². The molecule has 0 spiro atoms. The maximum atomic E-state index is 12.0. The molecule has 1 aromatic heterocycles. The van der Waals surface area contributed by atoms with Gasteiger partial charge in [-0.1, -0.05) is 6.07 Å². The molecule has 2 N–H and O–H groups in total. The van der Waals surface area contributed by atoms with Crippen molar-refractivity contribution in [2.75, 3.05) is 0 Å². The summed E-state index contributed by atoms with van der Waals surface area (Å²) in [6.07, 6.45) is 3.53. The van der Waals surface area contributed by atoms with Crippen LogP contribution in [0.1, 0.15) is 22.8 Å². The molecule has 100 valence electrons. The summed E-state index contributed by atoms with van der Waals surface area (Å²) in [7, 11) is 0. The summed E-state index contributed by atoms with van der Waals surface area (Å²) in [5, 5.41) is 16.7. The minimum Gasteiger partial charge on any atom is -0.507 e. The number of hydrogen-bond donors (Lipinski definition) is 2. The molecular weight excluding hydrogens is 242 g/mol. The fourth-order valence-corrected chi connectivity index (χ4v) is 1.87. The van der Waals surface area contributed by atoms with E-state index in [0.717, 1.165) is 5.56 Å². The molecule has 1 aromatic carbocycles. The number of hydrogen-bond acceptors (Lipinski definition) is 3. The van der Waals surface area contributed by atoms with Crippen LogP contribution in [0.2, 0.25) is 0 Å². The minimum atomic E-state index is -0.280. The Morgan fingerprint density at radius 1 is 1.53 bits per heavy atom. The summed E-state index contributed by atoms with van der Waals surface area (Å²) < 4.78 is 1.75. The molecule has 0 bridgehead atoms. The maximum absolute atomic E-state index is 12.0. The first-order valence-electron chi connectivity index (χ1n) is 6.14. The smallest absolute Gasteiger partial charge is 0.255 e. The Bertz CT molecular complexity index is 564. The predicted octanol–water partition coefficient (Wildman–Crippen LogP) is 1.72. The number of carbonyl (C=O) groups excluding carboxylic acids is 1. The molecule has 1 unspecified atom stereocenters. The van der Waals surface area contributed by atoms with Crippen LogP contribution in [-0.4, -0.2) is 26.8 Å². The van der Waals surface area contributed by atoms with Gasteiger partial charge < -0.3 is 10.4 Å². The first-order chi connectivity index (χ1) is 9.06. The van der Waals surface area contributed by atoms with Gasteiger partial charge in [0.15, 0.2) is 0 Å². The predicted molar refractivity (Wildman–Crippen MR) is 72.0 cm³/mol. The number of aryl methyl sites for hydroxylation is 1. The summed E-state index contributed by atoms with van der Waals surface area (Å²) in [6, 6.07) is 6.76. The lowest BCUT2D eigenvalue weighted by molar-refractivity contribution is 0.0933. The number of phenols is 1. The topological polar surface area (TPSA) is 67.2 Å². The third-order valence-corrected chi connectivity index (χ3v) is 2.80. The highest BCUT2D eigenvalue weighted by atomic mass is 16.3. The fourth-order valence-electron chi connectivity index (χ4n) is 1.87. The van der Waals surface area contributed by atoms with Gasteiger partial charge in [-0.05, 0) is 37.6 Å². The van der Waals surface area contributed by atoms with E-state index in [4.69, 9.17) is 0 Å². The number of amides is 1. The van der Waals surface area contributed by atoms with Crippen LogP contribution in [0.5, 0.6) is 5.75 Å². The van der Waals surface area contributed by atoms with Crippen molar-refractivity contribution in [1.82, 2.24) is 15.1 Å². The third-order valence-electron chi connectivity index (χ3n) is 2.80. The third kappa shape index (κ3) is 3.34. The number of rotatable bonds is 4. The highest BCUT2D eigenvalue weighted by Crippen LogP contribution is 2.18. The van der Waals surface area contributed by atoms with E-state index in [1.807, 2.05) is 26.1 Å². The van der Waals surface area contributed by atoms with Crippen molar-refractivity contribution in [3.05, 3.63) is 47.8 Å². The number of nitrogens with zero attached hydrogens (tertiary/aromatic N) is 2. The van der Waals surface area contributed by atoms with E-state index in [0.29, 0.717) is 6.54 Å². The summed E-state index contributed by atoms with van der Waals surface area (Å²) >= 11 is 0. The number of phenolic OH excluding ortho intramolecular Hbond substituents is 1. The summed E-state index contributed by atoms with van der Waals surface area (Å²) in [4.78, 5) is 12.0. The Morgan fingerprint density at radius 2 is 2.32 bits per heavy atom. The molecule has 0 aliphatic carbocycles. The number of nitrogens with one attached hydrogen (secondary N) is 1. The van der Waals surface area contributed by atoms with Gasteiger partial charge in [-0.25, -0.2) is 0 Å². The average molecular weight is 259 g/mol. The first kappa shape index (κ1) is 13.1. The monoisotopic (exact) mass is 259 g/mol. The summed E-state index contributed by atoms with van der Waals surface area (Å²) in [5.41, 5.74) is 1.21. The molecule has 0 aliphatic heterocycles. The molecule has 0 saturated heterocycles. The van der Waals surface area contributed by atoms with Gasteiger partial charge in [-0.2, -0.15) is 5.10 Å². The van der Waals surface area contributed by atoms with E-state index in [9.17, 15) is 9.90 Å². The normalized spacial score (nSPS) is 12.1. The Labute approximate surface area is 111 Å². The van der Waals surface area contributed by atoms with Crippen LogP contribution in [-0.2, 0) is 6.54 Å². The molecular formula is C14H17N3O2. The van der Waals surface area contributed by atoms with Crippen molar-refractivity contribution in [3.63, 3.8) is 0 Å². The Morgan fingerprint density at radius 3 is 2.95 bits per heavy atom. The lowest BCUT2D eigenvalue weighted by Gasteiger charge is -2.14. The van der Waals surface area contributed by atoms with E-state index in [2.05, 4.69) is 10.4 Å². The molecule has 2 rings (SSSR count). The van der Waals surface area contributed by atoms with Crippen molar-refractivity contribution in [2.45, 2.75) is 26.4 Å².